The highest BCUT2D eigenvalue weighted by Crippen LogP contribution is 2.07. The van der Waals surface area contributed by atoms with Crippen LogP contribution in [0.3, 0.4) is 0 Å². The summed E-state index contributed by atoms with van der Waals surface area (Å²) in [4.78, 5) is 28.1. The van der Waals surface area contributed by atoms with Gasteiger partial charge in [0.15, 0.2) is 5.96 Å². The van der Waals surface area contributed by atoms with E-state index in [2.05, 4.69) is 26.3 Å². The van der Waals surface area contributed by atoms with Crippen LogP contribution in [0.1, 0.15) is 63.4 Å². The Morgan fingerprint density at radius 1 is 1.13 bits per heavy atom. The van der Waals surface area contributed by atoms with Gasteiger partial charge in [-0.1, -0.05) is 19.1 Å². The summed E-state index contributed by atoms with van der Waals surface area (Å²) in [5, 5.41) is 12.1. The van der Waals surface area contributed by atoms with Crippen molar-refractivity contribution in [1.82, 2.24) is 21.3 Å². The van der Waals surface area contributed by atoms with Crippen LogP contribution in [0.5, 0.6) is 0 Å². The standard InChI is InChI=1S/C22H37N5O3/c1-7-16(2)27-19(28)18-11-8-10-17(14-18)15-26-20(23-6)24-12-9-13-25-21(29)30-22(3,4)5/h8,10-11,14,16H,7,9,12-13,15H2,1-6H3,(H,25,29)(H,27,28)(H2,23,24,26). The Balaban J connectivity index is 2.38. The summed E-state index contributed by atoms with van der Waals surface area (Å²) >= 11 is 0. The minimum atomic E-state index is -0.499. The Labute approximate surface area is 180 Å². The van der Waals surface area contributed by atoms with Crippen LogP contribution in [0.15, 0.2) is 29.3 Å². The van der Waals surface area contributed by atoms with Gasteiger partial charge < -0.3 is 26.0 Å². The number of alkyl carbamates (subject to hydrolysis) is 1. The molecular weight excluding hydrogens is 382 g/mol. The normalized spacial score (nSPS) is 12.7. The zero-order valence-corrected chi connectivity index (χ0v) is 19.1. The van der Waals surface area contributed by atoms with Gasteiger partial charge in [0.2, 0.25) is 0 Å². The van der Waals surface area contributed by atoms with Crippen LogP contribution < -0.4 is 21.3 Å². The lowest BCUT2D eigenvalue weighted by molar-refractivity contribution is 0.0527. The summed E-state index contributed by atoms with van der Waals surface area (Å²) < 4.78 is 5.19. The van der Waals surface area contributed by atoms with Crippen molar-refractivity contribution in [2.75, 3.05) is 20.1 Å². The number of nitrogens with one attached hydrogen (secondary N) is 4. The fourth-order valence-corrected chi connectivity index (χ4v) is 2.44. The molecule has 0 aromatic heterocycles. The topological polar surface area (TPSA) is 104 Å². The minimum absolute atomic E-state index is 0.0637. The molecule has 0 aliphatic carbocycles. The molecule has 0 fully saturated rings. The second-order valence-electron chi connectivity index (χ2n) is 8.12. The third-order valence-electron chi connectivity index (χ3n) is 4.18. The Morgan fingerprint density at radius 2 is 1.83 bits per heavy atom. The fourth-order valence-electron chi connectivity index (χ4n) is 2.44. The Morgan fingerprint density at radius 3 is 2.47 bits per heavy atom. The largest absolute Gasteiger partial charge is 0.444 e. The number of hydrogen-bond donors (Lipinski definition) is 4. The molecule has 1 aromatic carbocycles. The molecule has 0 bridgehead atoms. The predicted molar refractivity (Wildman–Crippen MR) is 121 cm³/mol. The van der Waals surface area contributed by atoms with E-state index >= 15 is 0 Å². The Kier molecular flexibility index (Phi) is 10.7. The van der Waals surface area contributed by atoms with Crippen LogP contribution >= 0.6 is 0 Å². The molecule has 1 rings (SSSR count). The van der Waals surface area contributed by atoms with Crippen LogP contribution in [0, 0.1) is 0 Å². The summed E-state index contributed by atoms with van der Waals surface area (Å²) in [5.74, 6) is 0.591. The molecule has 8 heteroatoms. The van der Waals surface area contributed by atoms with Gasteiger partial charge in [0, 0.05) is 38.3 Å². The van der Waals surface area contributed by atoms with Gasteiger partial charge in [-0.15, -0.1) is 0 Å². The summed E-state index contributed by atoms with van der Waals surface area (Å²) in [6.45, 7) is 11.2. The van der Waals surface area contributed by atoms with Gasteiger partial charge >= 0.3 is 6.09 Å². The molecule has 30 heavy (non-hydrogen) atoms. The molecule has 1 atom stereocenters. The second-order valence-corrected chi connectivity index (χ2v) is 8.12. The SMILES string of the molecule is CCC(C)NC(=O)c1cccc(CNC(=NC)NCCCNC(=O)OC(C)(C)C)c1. The van der Waals surface area contributed by atoms with Crippen molar-refractivity contribution in [3.05, 3.63) is 35.4 Å². The predicted octanol–water partition coefficient (Wildman–Crippen LogP) is 2.79. The fraction of sp³-hybridized carbons (Fsp3) is 0.591. The molecule has 0 heterocycles. The number of ether oxygens (including phenoxy) is 1. The Hall–Kier alpha value is -2.77. The van der Waals surface area contributed by atoms with Crippen LogP contribution in [-0.4, -0.2) is 49.7 Å². The van der Waals surface area contributed by atoms with E-state index in [-0.39, 0.29) is 11.9 Å². The Bertz CT molecular complexity index is 713. The number of rotatable bonds is 9. The van der Waals surface area contributed by atoms with Gasteiger partial charge in [-0.2, -0.15) is 0 Å². The van der Waals surface area contributed by atoms with Crippen LogP contribution in [0.2, 0.25) is 0 Å². The van der Waals surface area contributed by atoms with Crippen molar-refractivity contribution in [3.8, 4) is 0 Å². The summed E-state index contributed by atoms with van der Waals surface area (Å²) in [6, 6.07) is 7.67. The van der Waals surface area contributed by atoms with Crippen LogP contribution in [0.25, 0.3) is 0 Å². The average molecular weight is 420 g/mol. The number of carbonyl (C=O) groups excluding carboxylic acids is 2. The van der Waals surface area contributed by atoms with Crippen molar-refractivity contribution in [1.29, 1.82) is 0 Å². The average Bonchev–Trinajstić information content (AvgIpc) is 2.68. The highest BCUT2D eigenvalue weighted by atomic mass is 16.6. The van der Waals surface area contributed by atoms with Gasteiger partial charge in [-0.25, -0.2) is 4.79 Å². The molecule has 0 saturated carbocycles. The maximum atomic E-state index is 12.3. The quantitative estimate of drug-likeness (QED) is 0.280. The number of nitrogens with zero attached hydrogens (tertiary/aromatic N) is 1. The maximum Gasteiger partial charge on any atom is 0.407 e. The molecule has 8 nitrogen and oxygen atoms in total. The van der Waals surface area contributed by atoms with Crippen molar-refractivity contribution in [3.63, 3.8) is 0 Å². The van der Waals surface area contributed by atoms with Crippen LogP contribution in [-0.2, 0) is 11.3 Å². The highest BCUT2D eigenvalue weighted by molar-refractivity contribution is 5.94. The van der Waals surface area contributed by atoms with E-state index < -0.39 is 11.7 Å². The van der Waals surface area contributed by atoms with E-state index in [9.17, 15) is 9.59 Å². The number of hydrogen-bond acceptors (Lipinski definition) is 4. The second kappa shape index (κ2) is 12.7. The number of aliphatic imine (C=N–C) groups is 1. The lowest BCUT2D eigenvalue weighted by Gasteiger charge is -2.19. The van der Waals surface area contributed by atoms with Crippen molar-refractivity contribution < 1.29 is 14.3 Å². The van der Waals surface area contributed by atoms with Crippen molar-refractivity contribution in [2.24, 2.45) is 4.99 Å². The zero-order chi connectivity index (χ0) is 22.6. The lowest BCUT2D eigenvalue weighted by atomic mass is 10.1. The number of amides is 2. The molecule has 0 aliphatic heterocycles. The third kappa shape index (κ3) is 10.7. The third-order valence-corrected chi connectivity index (χ3v) is 4.18. The van der Waals surface area contributed by atoms with E-state index in [1.807, 2.05) is 58.9 Å². The summed E-state index contributed by atoms with van der Waals surface area (Å²) in [5.41, 5.74) is 1.13. The molecule has 4 N–H and O–H groups in total. The number of carbonyl (C=O) groups is 2. The van der Waals surface area contributed by atoms with E-state index in [0.717, 1.165) is 18.4 Å². The van der Waals surface area contributed by atoms with Gasteiger partial charge in [-0.3, -0.25) is 9.79 Å². The van der Waals surface area contributed by atoms with Gasteiger partial charge in [-0.05, 0) is 58.2 Å². The molecule has 0 radical (unpaired) electrons. The smallest absolute Gasteiger partial charge is 0.407 e. The first-order valence-corrected chi connectivity index (χ1v) is 10.5. The molecule has 2 amide bonds. The summed E-state index contributed by atoms with van der Waals surface area (Å²) in [6.07, 6.45) is 1.20. The number of guanidine groups is 1. The molecule has 0 aliphatic rings. The van der Waals surface area contributed by atoms with Gasteiger partial charge in [0.1, 0.15) is 5.60 Å². The van der Waals surface area contributed by atoms with E-state index in [1.165, 1.54) is 0 Å². The molecule has 1 aromatic rings. The molecule has 0 spiro atoms. The monoisotopic (exact) mass is 419 g/mol. The molecule has 1 unspecified atom stereocenters. The first kappa shape index (κ1) is 25.3. The molecule has 0 saturated heterocycles. The molecule has 168 valence electrons. The first-order chi connectivity index (χ1) is 14.1. The minimum Gasteiger partial charge on any atom is -0.444 e. The first-order valence-electron chi connectivity index (χ1n) is 10.5. The van der Waals surface area contributed by atoms with Crippen molar-refractivity contribution in [2.45, 2.75) is 65.6 Å². The zero-order valence-electron chi connectivity index (χ0n) is 19.1. The van der Waals surface area contributed by atoms with Gasteiger partial charge in [0.25, 0.3) is 5.91 Å². The summed E-state index contributed by atoms with van der Waals surface area (Å²) in [7, 11) is 1.70. The highest BCUT2D eigenvalue weighted by Gasteiger charge is 2.15. The molecular formula is C22H37N5O3. The van der Waals surface area contributed by atoms with Crippen LogP contribution in [0.4, 0.5) is 4.79 Å². The van der Waals surface area contributed by atoms with E-state index in [0.29, 0.717) is 31.2 Å². The lowest BCUT2D eigenvalue weighted by Crippen LogP contribution is -2.39. The number of benzene rings is 1. The maximum absolute atomic E-state index is 12.3. The van der Waals surface area contributed by atoms with Gasteiger partial charge in [0.05, 0.1) is 0 Å². The van der Waals surface area contributed by atoms with Crippen molar-refractivity contribution >= 4 is 18.0 Å². The van der Waals surface area contributed by atoms with E-state index in [4.69, 9.17) is 4.74 Å². The van der Waals surface area contributed by atoms with E-state index in [1.54, 1.807) is 7.05 Å².